The minimum Gasteiger partial charge on any atom is -0.383 e. The lowest BCUT2D eigenvalue weighted by Gasteiger charge is -2.44. The Kier molecular flexibility index (Phi) is 4.18. The van der Waals surface area contributed by atoms with Gasteiger partial charge < -0.3 is 5.11 Å². The summed E-state index contributed by atoms with van der Waals surface area (Å²) in [6.45, 7) is 4.09. The van der Waals surface area contributed by atoms with E-state index in [0.29, 0.717) is 0 Å². The molecule has 1 aliphatic heterocycles. The molecular weight excluding hydrogens is 316 g/mol. The molecule has 1 nitrogen and oxygen atoms in total. The second-order valence-corrected chi connectivity index (χ2v) is 8.78. The Morgan fingerprint density at radius 1 is 1.35 bits per heavy atom. The van der Waals surface area contributed by atoms with Crippen molar-refractivity contribution in [2.45, 2.75) is 29.9 Å². The summed E-state index contributed by atoms with van der Waals surface area (Å²) in [7, 11) is 0. The molecule has 0 unspecified atom stereocenters. The molecular formula is C13H17BrOS2. The van der Waals surface area contributed by atoms with Gasteiger partial charge in [-0.2, -0.15) is 0 Å². The van der Waals surface area contributed by atoms with E-state index in [2.05, 4.69) is 22.9 Å². The molecule has 94 valence electrons. The summed E-state index contributed by atoms with van der Waals surface area (Å²) in [5.74, 6) is 2.27. The first-order chi connectivity index (χ1) is 7.96. The molecule has 1 N–H and O–H groups in total. The van der Waals surface area contributed by atoms with Gasteiger partial charge in [0.05, 0.1) is 4.08 Å². The summed E-state index contributed by atoms with van der Waals surface area (Å²) in [5, 5.41) is 10.9. The Bertz CT molecular complexity index is 400. The van der Waals surface area contributed by atoms with Crippen LogP contribution >= 0.6 is 39.5 Å². The summed E-state index contributed by atoms with van der Waals surface area (Å²) in [5.41, 5.74) is 0.170. The summed E-state index contributed by atoms with van der Waals surface area (Å²) >= 11 is 7.21. The van der Waals surface area contributed by atoms with Crippen molar-refractivity contribution in [3.8, 4) is 0 Å². The van der Waals surface area contributed by atoms with Crippen LogP contribution in [0.2, 0.25) is 0 Å². The van der Waals surface area contributed by atoms with Crippen molar-refractivity contribution in [3.05, 3.63) is 34.3 Å². The maximum absolute atomic E-state index is 10.9. The van der Waals surface area contributed by atoms with Gasteiger partial charge in [0.15, 0.2) is 0 Å². The molecule has 0 aliphatic carbocycles. The molecule has 17 heavy (non-hydrogen) atoms. The third-order valence-electron chi connectivity index (χ3n) is 3.31. The zero-order valence-electron chi connectivity index (χ0n) is 10.1. The van der Waals surface area contributed by atoms with Crippen LogP contribution in [0.3, 0.4) is 0 Å². The van der Waals surface area contributed by atoms with Crippen molar-refractivity contribution in [1.82, 2.24) is 0 Å². The van der Waals surface area contributed by atoms with E-state index in [9.17, 15) is 5.11 Å². The molecule has 0 saturated carbocycles. The summed E-state index contributed by atoms with van der Waals surface area (Å²) < 4.78 is 0.858. The van der Waals surface area contributed by atoms with Gasteiger partial charge >= 0.3 is 0 Å². The maximum atomic E-state index is 10.9. The molecule has 2 rings (SSSR count). The van der Waals surface area contributed by atoms with Gasteiger partial charge in [0.2, 0.25) is 0 Å². The molecule has 0 spiro atoms. The standard InChI is InChI=1S/C13H17BrOS2/c1-12(15,10-5-3-6-11(14)9-10)13(2)16-7-4-8-17-13/h3,5-6,9,15H,4,7-8H2,1-2H3/t12-/m1/s1. The first-order valence-electron chi connectivity index (χ1n) is 5.72. The van der Waals surface area contributed by atoms with Crippen LogP contribution in [0.1, 0.15) is 25.8 Å². The van der Waals surface area contributed by atoms with Crippen LogP contribution in [-0.4, -0.2) is 20.7 Å². The zero-order valence-corrected chi connectivity index (χ0v) is 13.3. The van der Waals surface area contributed by atoms with Crippen molar-refractivity contribution in [3.63, 3.8) is 0 Å². The number of hydrogen-bond donors (Lipinski definition) is 1. The number of aliphatic hydroxyl groups is 1. The lowest BCUT2D eigenvalue weighted by molar-refractivity contribution is 0.0487. The predicted molar refractivity (Wildman–Crippen MR) is 81.7 cm³/mol. The normalized spacial score (nSPS) is 23.1. The van der Waals surface area contributed by atoms with Gasteiger partial charge in [-0.1, -0.05) is 28.1 Å². The number of hydrogen-bond acceptors (Lipinski definition) is 3. The van der Waals surface area contributed by atoms with Crippen molar-refractivity contribution in [2.24, 2.45) is 0 Å². The minimum atomic E-state index is -0.813. The molecule has 0 aromatic heterocycles. The molecule has 1 fully saturated rings. The SMILES string of the molecule is CC1([C@](C)(O)c2cccc(Br)c2)SCCCS1. The number of benzene rings is 1. The Labute approximate surface area is 120 Å². The Morgan fingerprint density at radius 2 is 2.00 bits per heavy atom. The predicted octanol–water partition coefficient (Wildman–Crippen LogP) is 4.24. The summed E-state index contributed by atoms with van der Waals surface area (Å²) in [6.07, 6.45) is 1.24. The van der Waals surface area contributed by atoms with Crippen molar-refractivity contribution < 1.29 is 5.11 Å². The monoisotopic (exact) mass is 332 g/mol. The zero-order chi connectivity index (χ0) is 12.5. The Morgan fingerprint density at radius 3 is 2.59 bits per heavy atom. The van der Waals surface area contributed by atoms with Crippen LogP contribution in [0.4, 0.5) is 0 Å². The van der Waals surface area contributed by atoms with E-state index in [1.807, 2.05) is 54.7 Å². The van der Waals surface area contributed by atoms with E-state index in [-0.39, 0.29) is 4.08 Å². The van der Waals surface area contributed by atoms with E-state index < -0.39 is 5.60 Å². The van der Waals surface area contributed by atoms with Crippen LogP contribution in [0, 0.1) is 0 Å². The average molecular weight is 333 g/mol. The topological polar surface area (TPSA) is 20.2 Å². The van der Waals surface area contributed by atoms with E-state index in [1.165, 1.54) is 6.42 Å². The van der Waals surface area contributed by atoms with E-state index in [1.54, 1.807) is 0 Å². The average Bonchev–Trinajstić information content (AvgIpc) is 2.30. The van der Waals surface area contributed by atoms with Gasteiger partial charge in [0, 0.05) is 4.47 Å². The fourth-order valence-corrected chi connectivity index (χ4v) is 5.54. The number of halogens is 1. The molecule has 1 heterocycles. The molecule has 4 heteroatoms. The van der Waals surface area contributed by atoms with Crippen molar-refractivity contribution >= 4 is 39.5 Å². The fourth-order valence-electron chi connectivity index (χ4n) is 1.97. The fraction of sp³-hybridized carbons (Fsp3) is 0.538. The first-order valence-corrected chi connectivity index (χ1v) is 8.48. The van der Waals surface area contributed by atoms with E-state index in [4.69, 9.17) is 0 Å². The highest BCUT2D eigenvalue weighted by atomic mass is 79.9. The molecule has 1 saturated heterocycles. The molecule has 0 amide bonds. The van der Waals surface area contributed by atoms with Crippen LogP contribution in [-0.2, 0) is 5.60 Å². The largest absolute Gasteiger partial charge is 0.383 e. The van der Waals surface area contributed by atoms with Gasteiger partial charge in [0.25, 0.3) is 0 Å². The van der Waals surface area contributed by atoms with E-state index >= 15 is 0 Å². The van der Waals surface area contributed by atoms with Gasteiger partial charge in [-0.3, -0.25) is 0 Å². The molecule has 1 atom stereocenters. The van der Waals surface area contributed by atoms with Crippen molar-refractivity contribution in [1.29, 1.82) is 0 Å². The Balaban J connectivity index is 2.34. The lowest BCUT2D eigenvalue weighted by atomic mass is 9.92. The van der Waals surface area contributed by atoms with Crippen molar-refractivity contribution in [2.75, 3.05) is 11.5 Å². The van der Waals surface area contributed by atoms with E-state index in [0.717, 1.165) is 21.5 Å². The molecule has 1 aliphatic rings. The molecule has 0 bridgehead atoms. The highest BCUT2D eigenvalue weighted by Crippen LogP contribution is 2.53. The minimum absolute atomic E-state index is 0.161. The molecule has 1 aromatic rings. The van der Waals surface area contributed by atoms with Crippen LogP contribution in [0.5, 0.6) is 0 Å². The highest BCUT2D eigenvalue weighted by molar-refractivity contribution is 9.10. The third kappa shape index (κ3) is 2.70. The quantitative estimate of drug-likeness (QED) is 0.874. The molecule has 0 radical (unpaired) electrons. The van der Waals surface area contributed by atoms with Gasteiger partial charge in [-0.25, -0.2) is 0 Å². The smallest absolute Gasteiger partial charge is 0.110 e. The second-order valence-electron chi connectivity index (χ2n) is 4.58. The first kappa shape index (κ1) is 13.8. The Hall–Kier alpha value is 0.360. The van der Waals surface area contributed by atoms with Crippen LogP contribution in [0.25, 0.3) is 0 Å². The summed E-state index contributed by atoms with van der Waals surface area (Å²) in [4.78, 5) is 0. The number of thioether (sulfide) groups is 2. The van der Waals surface area contributed by atoms with Gasteiger partial charge in [-0.05, 0) is 49.5 Å². The highest BCUT2D eigenvalue weighted by Gasteiger charge is 2.46. The summed E-state index contributed by atoms with van der Waals surface area (Å²) in [6, 6.07) is 7.99. The maximum Gasteiger partial charge on any atom is 0.110 e. The van der Waals surface area contributed by atoms with Gasteiger partial charge in [0.1, 0.15) is 5.60 Å². The van der Waals surface area contributed by atoms with Crippen LogP contribution in [0.15, 0.2) is 28.7 Å². The lowest BCUT2D eigenvalue weighted by Crippen LogP contribution is -2.44. The molecule has 1 aromatic carbocycles. The number of rotatable bonds is 2. The van der Waals surface area contributed by atoms with Crippen LogP contribution < -0.4 is 0 Å². The van der Waals surface area contributed by atoms with Gasteiger partial charge in [-0.15, -0.1) is 23.5 Å². The third-order valence-corrected chi connectivity index (χ3v) is 7.40. The second kappa shape index (κ2) is 5.16.